The van der Waals surface area contributed by atoms with E-state index in [0.717, 1.165) is 58.8 Å². The van der Waals surface area contributed by atoms with Gasteiger partial charge in [0.1, 0.15) is 0 Å². The average Bonchev–Trinajstić information content (AvgIpc) is 2.39. The molecule has 1 N–H and O–H groups in total. The van der Waals surface area contributed by atoms with Crippen molar-refractivity contribution < 1.29 is 14.2 Å². The molecule has 0 amide bonds. The Hall–Kier alpha value is 0.130. The maximum Gasteiger partial charge on any atom is 0.0591 e. The second-order valence-electron chi connectivity index (χ2n) is 4.41. The van der Waals surface area contributed by atoms with Crippen LogP contribution >= 0.6 is 11.6 Å². The van der Waals surface area contributed by atoms with Gasteiger partial charge in [-0.15, -0.1) is 11.6 Å². The Balaban J connectivity index is 2.03. The summed E-state index contributed by atoms with van der Waals surface area (Å²) in [6.45, 7) is 4.69. The van der Waals surface area contributed by atoms with E-state index >= 15 is 0 Å². The zero-order chi connectivity index (χ0) is 12.4. The van der Waals surface area contributed by atoms with Gasteiger partial charge >= 0.3 is 0 Å². The lowest BCUT2D eigenvalue weighted by Crippen LogP contribution is -2.52. The minimum atomic E-state index is 0.0513. The number of rotatable bonds is 9. The van der Waals surface area contributed by atoms with Crippen molar-refractivity contribution in [3.05, 3.63) is 0 Å². The van der Waals surface area contributed by atoms with Gasteiger partial charge in [-0.2, -0.15) is 0 Å². The van der Waals surface area contributed by atoms with Crippen molar-refractivity contribution in [1.82, 2.24) is 5.32 Å². The van der Waals surface area contributed by atoms with Crippen molar-refractivity contribution >= 4 is 11.6 Å². The number of nitrogens with one attached hydrogen (secondary N) is 1. The highest BCUT2D eigenvalue weighted by molar-refractivity contribution is 6.18. The fourth-order valence-corrected chi connectivity index (χ4v) is 2.28. The van der Waals surface area contributed by atoms with Gasteiger partial charge in [-0.3, -0.25) is 0 Å². The first-order valence-electron chi connectivity index (χ1n) is 6.28. The van der Waals surface area contributed by atoms with E-state index in [-0.39, 0.29) is 5.54 Å². The summed E-state index contributed by atoms with van der Waals surface area (Å²) in [5.74, 6) is 0.639. The lowest BCUT2D eigenvalue weighted by Gasteiger charge is -2.36. The number of ether oxygens (including phenoxy) is 3. The molecular weight excluding hydrogens is 242 g/mol. The molecule has 1 aliphatic rings. The van der Waals surface area contributed by atoms with E-state index in [1.54, 1.807) is 7.11 Å². The molecule has 4 nitrogen and oxygen atoms in total. The SMILES string of the molecule is COCCCOCCNC1(CCl)CCOCC1. The molecule has 1 rings (SSSR count). The van der Waals surface area contributed by atoms with Gasteiger partial charge in [-0.25, -0.2) is 0 Å². The van der Waals surface area contributed by atoms with Crippen LogP contribution in [0.5, 0.6) is 0 Å². The quantitative estimate of drug-likeness (QED) is 0.506. The molecule has 17 heavy (non-hydrogen) atoms. The number of alkyl halides is 1. The second kappa shape index (κ2) is 9.11. The minimum Gasteiger partial charge on any atom is -0.385 e. The molecule has 5 heteroatoms. The largest absolute Gasteiger partial charge is 0.385 e. The van der Waals surface area contributed by atoms with Crippen molar-refractivity contribution in [3.63, 3.8) is 0 Å². The maximum absolute atomic E-state index is 6.04. The highest BCUT2D eigenvalue weighted by Crippen LogP contribution is 2.21. The molecule has 1 heterocycles. The Labute approximate surface area is 109 Å². The number of hydrogen-bond donors (Lipinski definition) is 1. The van der Waals surface area contributed by atoms with Crippen LogP contribution in [0.4, 0.5) is 0 Å². The molecule has 1 saturated heterocycles. The third-order valence-electron chi connectivity index (χ3n) is 3.09. The van der Waals surface area contributed by atoms with Crippen molar-refractivity contribution in [3.8, 4) is 0 Å². The Morgan fingerprint density at radius 2 is 2.00 bits per heavy atom. The minimum absolute atomic E-state index is 0.0513. The summed E-state index contributed by atoms with van der Waals surface area (Å²) >= 11 is 6.04. The van der Waals surface area contributed by atoms with Gasteiger partial charge in [-0.05, 0) is 19.3 Å². The van der Waals surface area contributed by atoms with Gasteiger partial charge in [0.25, 0.3) is 0 Å². The van der Waals surface area contributed by atoms with Gasteiger partial charge < -0.3 is 19.5 Å². The van der Waals surface area contributed by atoms with Crippen LogP contribution in [0.1, 0.15) is 19.3 Å². The van der Waals surface area contributed by atoms with Crippen LogP contribution in [0.3, 0.4) is 0 Å². The third-order valence-corrected chi connectivity index (χ3v) is 3.60. The summed E-state index contributed by atoms with van der Waals surface area (Å²) in [4.78, 5) is 0. The molecule has 0 atom stereocenters. The van der Waals surface area contributed by atoms with Crippen LogP contribution in [0.15, 0.2) is 0 Å². The summed E-state index contributed by atoms with van der Waals surface area (Å²) in [5, 5.41) is 3.51. The zero-order valence-corrected chi connectivity index (χ0v) is 11.4. The molecule has 1 aliphatic heterocycles. The van der Waals surface area contributed by atoms with E-state index in [1.807, 2.05) is 0 Å². The summed E-state index contributed by atoms with van der Waals surface area (Å²) in [6, 6.07) is 0. The Morgan fingerprint density at radius 3 is 2.65 bits per heavy atom. The van der Waals surface area contributed by atoms with Crippen molar-refractivity contribution in [1.29, 1.82) is 0 Å². The van der Waals surface area contributed by atoms with E-state index in [2.05, 4.69) is 5.32 Å². The van der Waals surface area contributed by atoms with Gasteiger partial charge in [0.05, 0.1) is 6.61 Å². The van der Waals surface area contributed by atoms with Crippen LogP contribution in [0.25, 0.3) is 0 Å². The molecule has 0 saturated carbocycles. The van der Waals surface area contributed by atoms with Gasteiger partial charge in [0.2, 0.25) is 0 Å². The lowest BCUT2D eigenvalue weighted by molar-refractivity contribution is 0.0405. The first kappa shape index (κ1) is 15.2. The summed E-state index contributed by atoms with van der Waals surface area (Å²) in [5.41, 5.74) is 0.0513. The van der Waals surface area contributed by atoms with Gasteiger partial charge in [-0.1, -0.05) is 0 Å². The third kappa shape index (κ3) is 6.02. The molecule has 0 aromatic heterocycles. The first-order valence-corrected chi connectivity index (χ1v) is 6.82. The van der Waals surface area contributed by atoms with Crippen LogP contribution in [0.2, 0.25) is 0 Å². The van der Waals surface area contributed by atoms with Crippen molar-refractivity contribution in [2.75, 3.05) is 52.6 Å². The van der Waals surface area contributed by atoms with Crippen LogP contribution < -0.4 is 5.32 Å². The molecule has 0 aromatic rings. The summed E-state index contributed by atoms with van der Waals surface area (Å²) < 4.78 is 15.8. The molecular formula is C12H24ClNO3. The van der Waals surface area contributed by atoms with E-state index in [1.165, 1.54) is 0 Å². The summed E-state index contributed by atoms with van der Waals surface area (Å²) in [6.07, 6.45) is 2.92. The molecule has 0 aromatic carbocycles. The molecule has 0 radical (unpaired) electrons. The average molecular weight is 266 g/mol. The van der Waals surface area contributed by atoms with Gasteiger partial charge in [0.15, 0.2) is 0 Å². The highest BCUT2D eigenvalue weighted by Gasteiger charge is 2.30. The fraction of sp³-hybridized carbons (Fsp3) is 1.00. The molecule has 0 aliphatic carbocycles. The molecule has 0 unspecified atom stereocenters. The van der Waals surface area contributed by atoms with E-state index in [4.69, 9.17) is 25.8 Å². The number of methoxy groups -OCH3 is 1. The number of halogens is 1. The molecule has 1 fully saturated rings. The summed E-state index contributed by atoms with van der Waals surface area (Å²) in [7, 11) is 1.71. The zero-order valence-electron chi connectivity index (χ0n) is 10.7. The van der Waals surface area contributed by atoms with Crippen molar-refractivity contribution in [2.24, 2.45) is 0 Å². The molecule has 0 spiro atoms. The Kier molecular flexibility index (Phi) is 8.14. The highest BCUT2D eigenvalue weighted by atomic mass is 35.5. The predicted molar refractivity (Wildman–Crippen MR) is 68.8 cm³/mol. The monoisotopic (exact) mass is 265 g/mol. The van der Waals surface area contributed by atoms with Crippen molar-refractivity contribution in [2.45, 2.75) is 24.8 Å². The smallest absolute Gasteiger partial charge is 0.0591 e. The maximum atomic E-state index is 6.04. The van der Waals surface area contributed by atoms with Crippen LogP contribution in [-0.2, 0) is 14.2 Å². The van der Waals surface area contributed by atoms with E-state index in [9.17, 15) is 0 Å². The Morgan fingerprint density at radius 1 is 1.24 bits per heavy atom. The topological polar surface area (TPSA) is 39.7 Å². The first-order chi connectivity index (χ1) is 8.33. The normalized spacial score (nSPS) is 19.4. The van der Waals surface area contributed by atoms with E-state index < -0.39 is 0 Å². The van der Waals surface area contributed by atoms with Gasteiger partial charge in [0, 0.05) is 51.5 Å². The lowest BCUT2D eigenvalue weighted by atomic mass is 9.92. The van der Waals surface area contributed by atoms with Crippen LogP contribution in [0, 0.1) is 0 Å². The standard InChI is InChI=1S/C12H24ClNO3/c1-15-6-2-7-16-10-5-14-12(11-13)3-8-17-9-4-12/h14H,2-11H2,1H3. The second-order valence-corrected chi connectivity index (χ2v) is 4.68. The number of hydrogen-bond acceptors (Lipinski definition) is 4. The molecule has 102 valence electrons. The van der Waals surface area contributed by atoms with E-state index in [0.29, 0.717) is 5.88 Å². The Bertz CT molecular complexity index is 187. The molecule has 0 bridgehead atoms. The van der Waals surface area contributed by atoms with Crippen LogP contribution in [-0.4, -0.2) is 58.1 Å². The predicted octanol–water partition coefficient (Wildman–Crippen LogP) is 1.42. The fourth-order valence-electron chi connectivity index (χ4n) is 1.92.